The van der Waals surface area contributed by atoms with Gasteiger partial charge >= 0.3 is 5.97 Å². The molecule has 20 heavy (non-hydrogen) atoms. The van der Waals surface area contributed by atoms with E-state index in [9.17, 15) is 9.90 Å². The summed E-state index contributed by atoms with van der Waals surface area (Å²) < 4.78 is 0. The van der Waals surface area contributed by atoms with Gasteiger partial charge in [-0.15, -0.1) is 0 Å². The highest BCUT2D eigenvalue weighted by atomic mass is 16.4. The molecule has 0 amide bonds. The highest BCUT2D eigenvalue weighted by Crippen LogP contribution is 2.34. The van der Waals surface area contributed by atoms with Crippen molar-refractivity contribution in [2.75, 3.05) is 0 Å². The molecule has 0 aliphatic heterocycles. The minimum Gasteiger partial charge on any atom is -0.478 e. The number of carboxylic acid groups (broad SMARTS) is 1. The Kier molecular flexibility index (Phi) is 3.67. The fraction of sp³-hybridized carbons (Fsp3) is 0.278. The highest BCUT2D eigenvalue weighted by molar-refractivity contribution is 5.90. The van der Waals surface area contributed by atoms with Crippen LogP contribution in [0.15, 0.2) is 24.3 Å². The molecule has 0 aromatic heterocycles. The Balaban J connectivity index is 2.81. The zero-order chi connectivity index (χ0) is 15.0. The third kappa shape index (κ3) is 2.34. The minimum atomic E-state index is -0.883. The van der Waals surface area contributed by atoms with Gasteiger partial charge in [-0.2, -0.15) is 0 Å². The first-order valence-corrected chi connectivity index (χ1v) is 6.74. The van der Waals surface area contributed by atoms with E-state index >= 15 is 0 Å². The summed E-state index contributed by atoms with van der Waals surface area (Å²) in [6.07, 6.45) is 0. The molecular weight excluding hydrogens is 248 g/mol. The molecule has 0 saturated carbocycles. The van der Waals surface area contributed by atoms with Crippen LogP contribution in [0.2, 0.25) is 0 Å². The zero-order valence-corrected chi connectivity index (χ0v) is 12.7. The Morgan fingerprint density at radius 3 is 1.90 bits per heavy atom. The fourth-order valence-electron chi connectivity index (χ4n) is 2.65. The molecule has 0 aliphatic carbocycles. The van der Waals surface area contributed by atoms with Gasteiger partial charge in [0, 0.05) is 0 Å². The summed E-state index contributed by atoms with van der Waals surface area (Å²) in [5.74, 6) is -0.883. The number of rotatable bonds is 2. The first kappa shape index (κ1) is 14.3. The first-order chi connectivity index (χ1) is 9.32. The molecule has 2 heteroatoms. The quantitative estimate of drug-likeness (QED) is 0.864. The van der Waals surface area contributed by atoms with Crippen molar-refractivity contribution in [3.63, 3.8) is 0 Å². The van der Waals surface area contributed by atoms with Crippen molar-refractivity contribution in [3.05, 3.63) is 57.6 Å². The third-order valence-electron chi connectivity index (χ3n) is 4.12. The number of carboxylic acids is 1. The summed E-state index contributed by atoms with van der Waals surface area (Å²) in [4.78, 5) is 11.2. The summed E-state index contributed by atoms with van der Waals surface area (Å²) in [7, 11) is 0. The van der Waals surface area contributed by atoms with Crippen LogP contribution < -0.4 is 0 Å². The van der Waals surface area contributed by atoms with Gasteiger partial charge in [0.05, 0.1) is 5.56 Å². The van der Waals surface area contributed by atoms with Gasteiger partial charge in [0.15, 0.2) is 0 Å². The molecule has 104 valence electrons. The van der Waals surface area contributed by atoms with Crippen LogP contribution in [0.4, 0.5) is 0 Å². The molecule has 0 fully saturated rings. The average Bonchev–Trinajstić information content (AvgIpc) is 2.38. The van der Waals surface area contributed by atoms with Gasteiger partial charge in [0.1, 0.15) is 0 Å². The second kappa shape index (κ2) is 5.12. The normalized spacial score (nSPS) is 10.7. The van der Waals surface area contributed by atoms with E-state index in [4.69, 9.17) is 0 Å². The van der Waals surface area contributed by atoms with Gasteiger partial charge in [-0.05, 0) is 85.7 Å². The van der Waals surface area contributed by atoms with E-state index in [0.29, 0.717) is 5.56 Å². The Labute approximate surface area is 120 Å². The maximum atomic E-state index is 11.2. The van der Waals surface area contributed by atoms with Crippen LogP contribution in [0.25, 0.3) is 11.1 Å². The lowest BCUT2D eigenvalue weighted by molar-refractivity contribution is 0.0697. The maximum Gasteiger partial charge on any atom is 0.335 e. The van der Waals surface area contributed by atoms with Crippen LogP contribution in [-0.4, -0.2) is 11.1 Å². The largest absolute Gasteiger partial charge is 0.478 e. The molecule has 2 aromatic rings. The smallest absolute Gasteiger partial charge is 0.335 e. The maximum absolute atomic E-state index is 11.2. The SMILES string of the molecule is Cc1ccc(C(=O)O)cc1-c1c(C)c(C)cc(C)c1C. The van der Waals surface area contributed by atoms with Crippen LogP contribution in [0.1, 0.15) is 38.2 Å². The average molecular weight is 268 g/mol. The molecule has 2 nitrogen and oxygen atoms in total. The summed E-state index contributed by atoms with van der Waals surface area (Å²) in [6.45, 7) is 10.4. The van der Waals surface area contributed by atoms with Crippen molar-refractivity contribution in [1.82, 2.24) is 0 Å². The number of benzene rings is 2. The van der Waals surface area contributed by atoms with Crippen molar-refractivity contribution >= 4 is 5.97 Å². The monoisotopic (exact) mass is 268 g/mol. The Bertz CT molecular complexity index is 671. The molecule has 2 aromatic carbocycles. The molecule has 0 aliphatic rings. The van der Waals surface area contributed by atoms with Crippen molar-refractivity contribution in [3.8, 4) is 11.1 Å². The van der Waals surface area contributed by atoms with E-state index in [2.05, 4.69) is 33.8 Å². The van der Waals surface area contributed by atoms with Crippen LogP contribution in [0, 0.1) is 34.6 Å². The van der Waals surface area contributed by atoms with E-state index < -0.39 is 5.97 Å². The lowest BCUT2D eigenvalue weighted by atomic mass is 9.87. The molecule has 0 atom stereocenters. The standard InChI is InChI=1S/C18H20O2/c1-10-6-7-15(18(19)20)9-16(10)17-13(4)11(2)8-12(3)14(17)5/h6-9H,1-5H3,(H,19,20). The van der Waals surface area contributed by atoms with Gasteiger partial charge in [-0.25, -0.2) is 4.79 Å². The molecule has 2 rings (SSSR count). The summed E-state index contributed by atoms with van der Waals surface area (Å²) in [5.41, 5.74) is 8.55. The number of aromatic carboxylic acids is 1. The van der Waals surface area contributed by atoms with E-state index in [1.54, 1.807) is 12.1 Å². The number of carbonyl (C=O) groups is 1. The number of aryl methyl sites for hydroxylation is 3. The minimum absolute atomic E-state index is 0.337. The van der Waals surface area contributed by atoms with E-state index in [1.165, 1.54) is 27.8 Å². The van der Waals surface area contributed by atoms with Crippen molar-refractivity contribution in [2.45, 2.75) is 34.6 Å². The van der Waals surface area contributed by atoms with Gasteiger partial charge < -0.3 is 5.11 Å². The van der Waals surface area contributed by atoms with Gasteiger partial charge in [-0.1, -0.05) is 12.1 Å². The molecule has 1 N–H and O–H groups in total. The second-order valence-corrected chi connectivity index (χ2v) is 5.47. The van der Waals surface area contributed by atoms with Crippen LogP contribution in [-0.2, 0) is 0 Å². The molecule has 0 heterocycles. The van der Waals surface area contributed by atoms with E-state index in [1.807, 2.05) is 13.0 Å². The number of hydrogen-bond donors (Lipinski definition) is 1. The van der Waals surface area contributed by atoms with Crippen molar-refractivity contribution < 1.29 is 9.90 Å². The van der Waals surface area contributed by atoms with Crippen LogP contribution >= 0.6 is 0 Å². The number of hydrogen-bond acceptors (Lipinski definition) is 1. The second-order valence-electron chi connectivity index (χ2n) is 5.47. The van der Waals surface area contributed by atoms with Crippen molar-refractivity contribution in [1.29, 1.82) is 0 Å². The van der Waals surface area contributed by atoms with Crippen LogP contribution in [0.3, 0.4) is 0 Å². The molecule has 0 unspecified atom stereocenters. The fourth-order valence-corrected chi connectivity index (χ4v) is 2.65. The van der Waals surface area contributed by atoms with Gasteiger partial charge in [0.2, 0.25) is 0 Å². The molecule has 0 radical (unpaired) electrons. The third-order valence-corrected chi connectivity index (χ3v) is 4.12. The summed E-state index contributed by atoms with van der Waals surface area (Å²) in [5, 5.41) is 9.19. The van der Waals surface area contributed by atoms with Gasteiger partial charge in [0.25, 0.3) is 0 Å². The molecule has 0 bridgehead atoms. The molecule has 0 spiro atoms. The highest BCUT2D eigenvalue weighted by Gasteiger charge is 2.14. The zero-order valence-electron chi connectivity index (χ0n) is 12.7. The van der Waals surface area contributed by atoms with E-state index in [-0.39, 0.29) is 0 Å². The summed E-state index contributed by atoms with van der Waals surface area (Å²) in [6, 6.07) is 7.51. The predicted octanol–water partition coefficient (Wildman–Crippen LogP) is 4.59. The van der Waals surface area contributed by atoms with Gasteiger partial charge in [-0.3, -0.25) is 0 Å². The topological polar surface area (TPSA) is 37.3 Å². The molecule has 0 saturated heterocycles. The van der Waals surface area contributed by atoms with Crippen molar-refractivity contribution in [2.24, 2.45) is 0 Å². The predicted molar refractivity (Wildman–Crippen MR) is 82.5 cm³/mol. The molecular formula is C18H20O2. The van der Waals surface area contributed by atoms with E-state index in [0.717, 1.165) is 11.1 Å². The Morgan fingerprint density at radius 2 is 1.40 bits per heavy atom. The lowest BCUT2D eigenvalue weighted by Gasteiger charge is -2.17. The van der Waals surface area contributed by atoms with Crippen LogP contribution in [0.5, 0.6) is 0 Å². The first-order valence-electron chi connectivity index (χ1n) is 6.74. The Morgan fingerprint density at radius 1 is 0.850 bits per heavy atom. The Hall–Kier alpha value is -2.09. The summed E-state index contributed by atoms with van der Waals surface area (Å²) >= 11 is 0. The lowest BCUT2D eigenvalue weighted by Crippen LogP contribution is -2.00.